The molecule has 10 rings (SSSR count). The van der Waals surface area contributed by atoms with Crippen LogP contribution in [0.5, 0.6) is 0 Å². The molecular formula is C52H42N2. The number of hydrogen-bond acceptors (Lipinski definition) is 1. The number of hydrogen-bond donors (Lipinski definition) is 0. The van der Waals surface area contributed by atoms with Crippen molar-refractivity contribution in [3.05, 3.63) is 205 Å². The maximum atomic E-state index is 2.57. The molecule has 2 nitrogen and oxygen atoms in total. The van der Waals surface area contributed by atoms with Gasteiger partial charge in [-0.1, -0.05) is 154 Å². The van der Waals surface area contributed by atoms with Gasteiger partial charge in [-0.2, -0.15) is 0 Å². The third kappa shape index (κ3) is 5.16. The fraction of sp³-hybridized carbons (Fsp3) is 0.115. The summed E-state index contributed by atoms with van der Waals surface area (Å²) in [6.45, 7) is 7.08. The van der Waals surface area contributed by atoms with Crippen molar-refractivity contribution < 1.29 is 0 Å². The molecule has 0 bridgehead atoms. The summed E-state index contributed by atoms with van der Waals surface area (Å²) in [4.78, 5) is 2.57. The van der Waals surface area contributed by atoms with Gasteiger partial charge in [-0.3, -0.25) is 0 Å². The van der Waals surface area contributed by atoms with E-state index in [9.17, 15) is 0 Å². The summed E-state index contributed by atoms with van der Waals surface area (Å²) >= 11 is 0. The predicted molar refractivity (Wildman–Crippen MR) is 229 cm³/mol. The SMILES string of the molecule is CC1C=CC(c2ccccc2)=CC1N(c1ccc(-c2ccc3c(c2)c2ccccc2n3-c2ccccc2)cc1)c1ccc2c(c1)C(C)(C)c1ccccc1-2. The van der Waals surface area contributed by atoms with Crippen molar-refractivity contribution in [1.29, 1.82) is 0 Å². The van der Waals surface area contributed by atoms with E-state index in [1.54, 1.807) is 0 Å². The van der Waals surface area contributed by atoms with E-state index >= 15 is 0 Å². The molecular weight excluding hydrogens is 653 g/mol. The Hall–Kier alpha value is -6.38. The molecule has 2 atom stereocenters. The Kier molecular flexibility index (Phi) is 7.56. The second kappa shape index (κ2) is 12.6. The van der Waals surface area contributed by atoms with E-state index in [1.165, 1.54) is 83.4 Å². The molecule has 2 heteroatoms. The van der Waals surface area contributed by atoms with Gasteiger partial charge in [0.1, 0.15) is 0 Å². The maximum Gasteiger partial charge on any atom is 0.0591 e. The standard InChI is InChI=1S/C52H42N2/c1-35-22-23-39(36-14-6-4-7-15-36)33-51(35)53(42-29-30-44-43-18-10-12-20-47(43)52(2,3)48(44)34-42)41-27-24-37(25-28-41)38-26-31-50-46(32-38)45-19-11-13-21-49(45)54(50)40-16-8-5-9-17-40/h4-35,51H,1-3H3. The molecule has 1 aromatic heterocycles. The average Bonchev–Trinajstić information content (AvgIpc) is 3.67. The number of benzene rings is 7. The Bertz CT molecular complexity index is 2750. The van der Waals surface area contributed by atoms with Crippen molar-refractivity contribution in [2.75, 3.05) is 4.90 Å². The Morgan fingerprint density at radius 2 is 1.17 bits per heavy atom. The van der Waals surface area contributed by atoms with Crippen LogP contribution in [0.25, 0.3) is 55.3 Å². The maximum absolute atomic E-state index is 2.57. The summed E-state index contributed by atoms with van der Waals surface area (Å²) in [5.41, 5.74) is 16.4. The van der Waals surface area contributed by atoms with E-state index in [0.717, 1.165) is 0 Å². The van der Waals surface area contributed by atoms with Gasteiger partial charge in [0.2, 0.25) is 0 Å². The number of aromatic nitrogens is 1. The predicted octanol–water partition coefficient (Wildman–Crippen LogP) is 13.6. The van der Waals surface area contributed by atoms with E-state index in [-0.39, 0.29) is 11.5 Å². The van der Waals surface area contributed by atoms with Gasteiger partial charge in [0.15, 0.2) is 0 Å². The first-order valence-electron chi connectivity index (χ1n) is 19.1. The molecule has 7 aromatic carbocycles. The van der Waals surface area contributed by atoms with Gasteiger partial charge in [0.25, 0.3) is 0 Å². The third-order valence-corrected chi connectivity index (χ3v) is 11.9. The van der Waals surface area contributed by atoms with Gasteiger partial charge in [0.05, 0.1) is 17.1 Å². The number of fused-ring (bicyclic) bond motifs is 6. The van der Waals surface area contributed by atoms with Crippen molar-refractivity contribution in [2.24, 2.45) is 5.92 Å². The van der Waals surface area contributed by atoms with Crippen molar-refractivity contribution in [3.63, 3.8) is 0 Å². The summed E-state index contributed by atoms with van der Waals surface area (Å²) in [6.07, 6.45) is 7.14. The van der Waals surface area contributed by atoms with Crippen LogP contribution in [-0.4, -0.2) is 10.6 Å². The molecule has 0 saturated heterocycles. The summed E-state index contributed by atoms with van der Waals surface area (Å²) in [5.74, 6) is 0.306. The van der Waals surface area contributed by atoms with Crippen LogP contribution in [0.2, 0.25) is 0 Å². The minimum Gasteiger partial charge on any atom is -0.334 e. The molecule has 2 aliphatic carbocycles. The number of rotatable bonds is 6. The van der Waals surface area contributed by atoms with Crippen LogP contribution in [0.3, 0.4) is 0 Å². The number of anilines is 2. The summed E-state index contributed by atoms with van der Waals surface area (Å²) in [7, 11) is 0. The van der Waals surface area contributed by atoms with Crippen LogP contribution in [0, 0.1) is 5.92 Å². The lowest BCUT2D eigenvalue weighted by Crippen LogP contribution is -2.36. The van der Waals surface area contributed by atoms with Crippen LogP contribution >= 0.6 is 0 Å². The fourth-order valence-corrected chi connectivity index (χ4v) is 9.05. The highest BCUT2D eigenvalue weighted by Crippen LogP contribution is 2.50. The zero-order valence-corrected chi connectivity index (χ0v) is 30.9. The van der Waals surface area contributed by atoms with Gasteiger partial charge >= 0.3 is 0 Å². The number of allylic oxidation sites excluding steroid dienone is 2. The van der Waals surface area contributed by atoms with E-state index in [4.69, 9.17) is 0 Å². The summed E-state index contributed by atoms with van der Waals surface area (Å²) in [6, 6.07) is 62.6. The van der Waals surface area contributed by atoms with Crippen molar-refractivity contribution in [1.82, 2.24) is 4.57 Å². The van der Waals surface area contributed by atoms with Crippen LogP contribution in [-0.2, 0) is 5.41 Å². The van der Waals surface area contributed by atoms with E-state index in [1.807, 2.05) is 0 Å². The molecule has 0 radical (unpaired) electrons. The molecule has 2 unspecified atom stereocenters. The molecule has 0 spiro atoms. The van der Waals surface area contributed by atoms with E-state index in [2.05, 4.69) is 218 Å². The van der Waals surface area contributed by atoms with Crippen LogP contribution in [0.4, 0.5) is 11.4 Å². The average molecular weight is 695 g/mol. The van der Waals surface area contributed by atoms with Gasteiger partial charge in [0, 0.05) is 33.2 Å². The Morgan fingerprint density at radius 1 is 0.519 bits per heavy atom. The first-order valence-corrected chi connectivity index (χ1v) is 19.1. The monoisotopic (exact) mass is 694 g/mol. The fourth-order valence-electron chi connectivity index (χ4n) is 9.05. The van der Waals surface area contributed by atoms with Crippen molar-refractivity contribution in [3.8, 4) is 27.9 Å². The van der Waals surface area contributed by atoms with Crippen LogP contribution in [0.15, 0.2) is 188 Å². The van der Waals surface area contributed by atoms with Crippen molar-refractivity contribution >= 4 is 38.8 Å². The zero-order valence-electron chi connectivity index (χ0n) is 30.9. The lowest BCUT2D eigenvalue weighted by Gasteiger charge is -2.37. The normalized spacial score (nSPS) is 17.0. The lowest BCUT2D eigenvalue weighted by molar-refractivity contribution is 0.610. The summed E-state index contributed by atoms with van der Waals surface area (Å²) < 4.78 is 2.38. The molecule has 1 heterocycles. The molecule has 0 fully saturated rings. The number of para-hydroxylation sites is 2. The highest BCUT2D eigenvalue weighted by atomic mass is 15.2. The zero-order chi connectivity index (χ0) is 36.4. The van der Waals surface area contributed by atoms with E-state index < -0.39 is 0 Å². The van der Waals surface area contributed by atoms with E-state index in [0.29, 0.717) is 5.92 Å². The molecule has 54 heavy (non-hydrogen) atoms. The molecule has 8 aromatic rings. The third-order valence-electron chi connectivity index (χ3n) is 11.9. The smallest absolute Gasteiger partial charge is 0.0591 e. The first-order chi connectivity index (χ1) is 26.5. The molecule has 0 aliphatic heterocycles. The number of nitrogens with zero attached hydrogens (tertiary/aromatic N) is 2. The van der Waals surface area contributed by atoms with Gasteiger partial charge in [-0.15, -0.1) is 0 Å². The van der Waals surface area contributed by atoms with Gasteiger partial charge in [-0.25, -0.2) is 0 Å². The second-order valence-corrected chi connectivity index (χ2v) is 15.4. The quantitative estimate of drug-likeness (QED) is 0.168. The molecule has 260 valence electrons. The van der Waals surface area contributed by atoms with Gasteiger partial charge < -0.3 is 9.47 Å². The molecule has 0 N–H and O–H groups in total. The Morgan fingerprint density at radius 3 is 1.98 bits per heavy atom. The minimum atomic E-state index is -0.0805. The molecule has 0 amide bonds. The first kappa shape index (κ1) is 32.3. The van der Waals surface area contributed by atoms with Crippen LogP contribution < -0.4 is 4.90 Å². The highest BCUT2D eigenvalue weighted by Gasteiger charge is 2.36. The molecule has 0 saturated carbocycles. The van der Waals surface area contributed by atoms with Crippen molar-refractivity contribution in [2.45, 2.75) is 32.2 Å². The molecule has 2 aliphatic rings. The lowest BCUT2D eigenvalue weighted by atomic mass is 9.82. The topological polar surface area (TPSA) is 8.17 Å². The van der Waals surface area contributed by atoms with Gasteiger partial charge in [-0.05, 0) is 105 Å². The summed E-state index contributed by atoms with van der Waals surface area (Å²) in [5, 5.41) is 2.53. The largest absolute Gasteiger partial charge is 0.334 e. The van der Waals surface area contributed by atoms with Crippen LogP contribution in [0.1, 0.15) is 37.5 Å². The Labute approximate surface area is 318 Å². The second-order valence-electron chi connectivity index (χ2n) is 15.4. The minimum absolute atomic E-state index is 0.0805. The highest BCUT2D eigenvalue weighted by molar-refractivity contribution is 6.10. The Balaban J connectivity index is 1.08.